The molecule has 0 aliphatic carbocycles. The Balaban J connectivity index is 1.75. The average Bonchev–Trinajstić information content (AvgIpc) is 3.35. The largest absolute Gasteiger partial charge is 0.279 e. The van der Waals surface area contributed by atoms with Crippen LogP contribution in [0.3, 0.4) is 0 Å². The van der Waals surface area contributed by atoms with Gasteiger partial charge >= 0.3 is 0 Å². The van der Waals surface area contributed by atoms with Crippen LogP contribution >= 0.6 is 22.9 Å². The van der Waals surface area contributed by atoms with Gasteiger partial charge in [0.1, 0.15) is 10.6 Å². The van der Waals surface area contributed by atoms with E-state index in [1.807, 2.05) is 54.8 Å². The third-order valence-corrected chi connectivity index (χ3v) is 6.88. The molecule has 2 aromatic carbocycles. The fraction of sp³-hybridized carbons (Fsp3) is 0.0952. The Bertz CT molecular complexity index is 1230. The van der Waals surface area contributed by atoms with E-state index in [0.717, 1.165) is 16.0 Å². The molecule has 5 nitrogen and oxygen atoms in total. The summed E-state index contributed by atoms with van der Waals surface area (Å²) < 4.78 is 30.8. The highest BCUT2D eigenvalue weighted by atomic mass is 35.5. The summed E-state index contributed by atoms with van der Waals surface area (Å²) in [6.07, 6.45) is 1.57. The first-order chi connectivity index (χ1) is 13.9. The van der Waals surface area contributed by atoms with Gasteiger partial charge in [0.25, 0.3) is 10.0 Å². The van der Waals surface area contributed by atoms with Crippen molar-refractivity contribution in [3.8, 4) is 10.6 Å². The van der Waals surface area contributed by atoms with Crippen LogP contribution in [0.5, 0.6) is 0 Å². The number of aromatic nitrogens is 2. The van der Waals surface area contributed by atoms with Crippen molar-refractivity contribution in [2.45, 2.75) is 18.4 Å². The molecule has 0 radical (unpaired) electrons. The first kappa shape index (κ1) is 19.7. The van der Waals surface area contributed by atoms with Crippen LogP contribution in [0, 0.1) is 6.92 Å². The van der Waals surface area contributed by atoms with E-state index >= 15 is 0 Å². The molecular formula is C21H18ClN3O2S2. The Labute approximate surface area is 178 Å². The predicted molar refractivity (Wildman–Crippen MR) is 118 cm³/mol. The molecule has 148 valence electrons. The molecule has 2 aromatic heterocycles. The summed E-state index contributed by atoms with van der Waals surface area (Å²) in [5, 5.41) is 6.94. The van der Waals surface area contributed by atoms with E-state index < -0.39 is 10.0 Å². The van der Waals surface area contributed by atoms with E-state index in [-0.39, 0.29) is 4.90 Å². The Hall–Kier alpha value is -2.61. The zero-order valence-electron chi connectivity index (χ0n) is 15.5. The molecule has 0 aliphatic heterocycles. The SMILES string of the molecule is Cc1ccc(Cl)cc1NS(=O)(=O)c1cn(Cc2ccccc2)nc1-c1cccs1. The van der Waals surface area contributed by atoms with Crippen LogP contribution in [0.2, 0.25) is 5.02 Å². The Kier molecular flexibility index (Phi) is 5.45. The van der Waals surface area contributed by atoms with Crippen molar-refractivity contribution in [1.82, 2.24) is 9.78 Å². The molecule has 1 N–H and O–H groups in total. The molecule has 0 bridgehead atoms. The van der Waals surface area contributed by atoms with Crippen LogP contribution in [0.15, 0.2) is 77.1 Å². The van der Waals surface area contributed by atoms with Crippen LogP contribution in [0.25, 0.3) is 10.6 Å². The smallest absolute Gasteiger partial charge is 0.265 e. The zero-order valence-corrected chi connectivity index (χ0v) is 17.9. The van der Waals surface area contributed by atoms with Crippen molar-refractivity contribution in [3.05, 3.63) is 88.4 Å². The van der Waals surface area contributed by atoms with Gasteiger partial charge in [0.15, 0.2) is 0 Å². The van der Waals surface area contributed by atoms with Crippen molar-refractivity contribution < 1.29 is 8.42 Å². The number of benzene rings is 2. The van der Waals surface area contributed by atoms with Crippen molar-refractivity contribution in [2.24, 2.45) is 0 Å². The van der Waals surface area contributed by atoms with Crippen LogP contribution in [-0.4, -0.2) is 18.2 Å². The molecule has 2 heterocycles. The number of rotatable bonds is 6. The van der Waals surface area contributed by atoms with Crippen LogP contribution in [0.1, 0.15) is 11.1 Å². The lowest BCUT2D eigenvalue weighted by Gasteiger charge is -2.10. The highest BCUT2D eigenvalue weighted by Crippen LogP contribution is 2.32. The number of halogens is 1. The molecular weight excluding hydrogens is 426 g/mol. The van der Waals surface area contributed by atoms with Crippen molar-refractivity contribution in [1.29, 1.82) is 0 Å². The topological polar surface area (TPSA) is 64.0 Å². The van der Waals surface area contributed by atoms with Gasteiger partial charge in [-0.1, -0.05) is 54.1 Å². The average molecular weight is 444 g/mol. The lowest BCUT2D eigenvalue weighted by molar-refractivity contribution is 0.601. The van der Waals surface area contributed by atoms with Gasteiger partial charge in [-0.3, -0.25) is 9.40 Å². The maximum absolute atomic E-state index is 13.2. The Morgan fingerprint density at radius 2 is 1.90 bits per heavy atom. The molecule has 4 rings (SSSR count). The second-order valence-corrected chi connectivity index (χ2v) is 9.60. The maximum Gasteiger partial charge on any atom is 0.265 e. The van der Waals surface area contributed by atoms with Gasteiger partial charge in [-0.15, -0.1) is 11.3 Å². The molecule has 8 heteroatoms. The first-order valence-corrected chi connectivity index (χ1v) is 11.6. The molecule has 4 aromatic rings. The van der Waals surface area contributed by atoms with Crippen LogP contribution < -0.4 is 4.72 Å². The number of sulfonamides is 1. The zero-order chi connectivity index (χ0) is 20.4. The molecule has 0 saturated carbocycles. The molecule has 0 fully saturated rings. The number of hydrogen-bond donors (Lipinski definition) is 1. The minimum atomic E-state index is -3.87. The fourth-order valence-corrected chi connectivity index (χ4v) is 5.18. The number of aryl methyl sites for hydroxylation is 1. The summed E-state index contributed by atoms with van der Waals surface area (Å²) in [4.78, 5) is 0.926. The van der Waals surface area contributed by atoms with E-state index in [1.165, 1.54) is 11.3 Å². The van der Waals surface area contributed by atoms with Crippen molar-refractivity contribution in [3.63, 3.8) is 0 Å². The van der Waals surface area contributed by atoms with Gasteiger partial charge in [0, 0.05) is 11.2 Å². The van der Waals surface area contributed by atoms with Gasteiger partial charge in [-0.2, -0.15) is 5.10 Å². The summed E-state index contributed by atoms with van der Waals surface area (Å²) in [6, 6.07) is 18.6. The molecule has 0 spiro atoms. The summed E-state index contributed by atoms with van der Waals surface area (Å²) in [7, 11) is -3.87. The highest BCUT2D eigenvalue weighted by molar-refractivity contribution is 7.92. The van der Waals surface area contributed by atoms with E-state index in [9.17, 15) is 8.42 Å². The molecule has 29 heavy (non-hydrogen) atoms. The van der Waals surface area contributed by atoms with E-state index in [4.69, 9.17) is 11.6 Å². The highest BCUT2D eigenvalue weighted by Gasteiger charge is 2.25. The van der Waals surface area contributed by atoms with Gasteiger partial charge in [0.2, 0.25) is 0 Å². The standard InChI is InChI=1S/C21H18ClN3O2S2/c1-15-9-10-17(22)12-18(15)24-29(26,27)20-14-25(13-16-6-3-2-4-7-16)23-21(20)19-8-5-11-28-19/h2-12,14,24H,13H2,1H3. The summed E-state index contributed by atoms with van der Waals surface area (Å²) in [5.74, 6) is 0. The quantitative estimate of drug-likeness (QED) is 0.432. The monoisotopic (exact) mass is 443 g/mol. The minimum Gasteiger partial charge on any atom is -0.279 e. The number of anilines is 1. The second kappa shape index (κ2) is 8.02. The summed E-state index contributed by atoms with van der Waals surface area (Å²) in [5.41, 5.74) is 2.70. The van der Waals surface area contributed by atoms with Crippen LogP contribution in [0.4, 0.5) is 5.69 Å². The van der Waals surface area contributed by atoms with E-state index in [1.54, 1.807) is 29.1 Å². The molecule has 0 amide bonds. The van der Waals surface area contributed by atoms with Gasteiger partial charge < -0.3 is 0 Å². The fourth-order valence-electron chi connectivity index (χ4n) is 2.94. The summed E-state index contributed by atoms with van der Waals surface area (Å²) in [6.45, 7) is 2.30. The molecule has 0 aliphatic rings. The molecule has 0 saturated heterocycles. The third kappa shape index (κ3) is 4.37. The molecule has 0 atom stereocenters. The lowest BCUT2D eigenvalue weighted by atomic mass is 10.2. The lowest BCUT2D eigenvalue weighted by Crippen LogP contribution is -2.14. The van der Waals surface area contributed by atoms with Crippen molar-refractivity contribution in [2.75, 3.05) is 4.72 Å². The molecule has 0 unspecified atom stereocenters. The minimum absolute atomic E-state index is 0.134. The van der Waals surface area contributed by atoms with E-state index in [2.05, 4.69) is 9.82 Å². The Morgan fingerprint density at radius 3 is 2.62 bits per heavy atom. The number of nitrogens with zero attached hydrogens (tertiary/aromatic N) is 2. The predicted octanol–water partition coefficient (Wildman–Crippen LogP) is 5.42. The second-order valence-electron chi connectivity index (χ2n) is 6.57. The van der Waals surface area contributed by atoms with E-state index in [0.29, 0.717) is 22.9 Å². The normalized spacial score (nSPS) is 11.5. The summed E-state index contributed by atoms with van der Waals surface area (Å²) >= 11 is 7.50. The van der Waals surface area contributed by atoms with Crippen LogP contribution in [-0.2, 0) is 16.6 Å². The first-order valence-electron chi connectivity index (χ1n) is 8.86. The number of thiophene rings is 1. The Morgan fingerprint density at radius 1 is 1.10 bits per heavy atom. The number of nitrogens with one attached hydrogen (secondary N) is 1. The van der Waals surface area contributed by atoms with Crippen molar-refractivity contribution >= 4 is 38.6 Å². The third-order valence-electron chi connectivity index (χ3n) is 4.40. The van der Waals surface area contributed by atoms with Gasteiger partial charge in [-0.25, -0.2) is 8.42 Å². The van der Waals surface area contributed by atoms with Gasteiger partial charge in [-0.05, 0) is 41.6 Å². The maximum atomic E-state index is 13.2. The van der Waals surface area contributed by atoms with Gasteiger partial charge in [0.05, 0.1) is 17.1 Å². The number of hydrogen-bond acceptors (Lipinski definition) is 4.